The highest BCUT2D eigenvalue weighted by molar-refractivity contribution is 4.99. The average molecular weight is 222 g/mol. The van der Waals surface area contributed by atoms with Gasteiger partial charge in [0, 0.05) is 31.5 Å². The summed E-state index contributed by atoms with van der Waals surface area (Å²) in [5, 5.41) is 12.0. The maximum atomic E-state index is 4.29. The van der Waals surface area contributed by atoms with Crippen molar-refractivity contribution in [3.05, 3.63) is 11.6 Å². The zero-order chi connectivity index (χ0) is 11.6. The molecule has 4 heteroatoms. The number of hydrogen-bond donors (Lipinski definition) is 1. The van der Waals surface area contributed by atoms with Crippen LogP contribution in [-0.2, 0) is 19.4 Å². The van der Waals surface area contributed by atoms with Gasteiger partial charge in [0.1, 0.15) is 11.6 Å². The van der Waals surface area contributed by atoms with Crippen LogP contribution in [0.2, 0.25) is 0 Å². The van der Waals surface area contributed by atoms with Gasteiger partial charge >= 0.3 is 0 Å². The van der Waals surface area contributed by atoms with Gasteiger partial charge < -0.3 is 9.88 Å². The fraction of sp³-hybridized carbons (Fsp3) is 0.833. The van der Waals surface area contributed by atoms with Crippen molar-refractivity contribution >= 4 is 0 Å². The zero-order valence-electron chi connectivity index (χ0n) is 10.6. The highest BCUT2D eigenvalue weighted by atomic mass is 15.3. The van der Waals surface area contributed by atoms with Gasteiger partial charge in [-0.2, -0.15) is 0 Å². The smallest absolute Gasteiger partial charge is 0.134 e. The van der Waals surface area contributed by atoms with E-state index in [4.69, 9.17) is 0 Å². The van der Waals surface area contributed by atoms with E-state index < -0.39 is 0 Å². The van der Waals surface area contributed by atoms with Crippen LogP contribution >= 0.6 is 0 Å². The van der Waals surface area contributed by atoms with Gasteiger partial charge in [0.15, 0.2) is 0 Å². The third kappa shape index (κ3) is 2.82. The highest BCUT2D eigenvalue weighted by Crippen LogP contribution is 2.14. The first-order valence-electron chi connectivity index (χ1n) is 6.22. The van der Waals surface area contributed by atoms with Gasteiger partial charge in [0.05, 0.1) is 0 Å². The van der Waals surface area contributed by atoms with Crippen molar-refractivity contribution < 1.29 is 0 Å². The summed E-state index contributed by atoms with van der Waals surface area (Å²) in [5.41, 5.74) is 0.185. The molecule has 1 N–H and O–H groups in total. The summed E-state index contributed by atoms with van der Waals surface area (Å²) in [6.07, 6.45) is 4.60. The Morgan fingerprint density at radius 3 is 2.81 bits per heavy atom. The number of rotatable bonds is 3. The molecule has 0 radical (unpaired) electrons. The van der Waals surface area contributed by atoms with Crippen LogP contribution in [0.5, 0.6) is 0 Å². The predicted molar refractivity (Wildman–Crippen MR) is 64.4 cm³/mol. The molecule has 0 spiro atoms. The first-order valence-corrected chi connectivity index (χ1v) is 6.22. The Bertz CT molecular complexity index is 348. The van der Waals surface area contributed by atoms with Gasteiger partial charge in [-0.3, -0.25) is 0 Å². The molecular formula is C12H22N4. The van der Waals surface area contributed by atoms with E-state index in [0.717, 1.165) is 31.8 Å². The molecule has 1 aromatic rings. The third-order valence-electron chi connectivity index (χ3n) is 2.94. The average Bonchev–Trinajstić information content (AvgIpc) is 2.60. The molecule has 0 amide bonds. The molecule has 0 saturated heterocycles. The van der Waals surface area contributed by atoms with Crippen molar-refractivity contribution in [2.45, 2.75) is 58.5 Å². The summed E-state index contributed by atoms with van der Waals surface area (Å²) in [5.74, 6) is 2.32. The maximum absolute atomic E-state index is 4.29. The second kappa shape index (κ2) is 4.53. The monoisotopic (exact) mass is 222 g/mol. The van der Waals surface area contributed by atoms with Gasteiger partial charge in [-0.05, 0) is 33.6 Å². The Morgan fingerprint density at radius 2 is 2.06 bits per heavy atom. The lowest BCUT2D eigenvalue weighted by Crippen LogP contribution is -2.37. The summed E-state index contributed by atoms with van der Waals surface area (Å²) in [7, 11) is 0. The van der Waals surface area contributed by atoms with Crippen LogP contribution in [0, 0.1) is 0 Å². The van der Waals surface area contributed by atoms with Crippen LogP contribution in [0.25, 0.3) is 0 Å². The topological polar surface area (TPSA) is 42.7 Å². The van der Waals surface area contributed by atoms with E-state index in [9.17, 15) is 0 Å². The second-order valence-electron chi connectivity index (χ2n) is 5.57. The fourth-order valence-electron chi connectivity index (χ4n) is 2.10. The second-order valence-corrected chi connectivity index (χ2v) is 5.57. The zero-order valence-corrected chi connectivity index (χ0v) is 10.6. The Balaban J connectivity index is 1.92. The first kappa shape index (κ1) is 11.6. The molecule has 1 aromatic heterocycles. The standard InChI is InChI=1S/C12H22N4/c1-12(2,3)13-8-7-11-15-14-10-6-4-5-9-16(10)11/h13H,4-9H2,1-3H3. The van der Waals surface area contributed by atoms with Gasteiger partial charge in [-0.15, -0.1) is 10.2 Å². The SMILES string of the molecule is CC(C)(C)NCCc1nnc2n1CCCC2. The minimum Gasteiger partial charge on any atom is -0.315 e. The van der Waals surface area contributed by atoms with Crippen LogP contribution < -0.4 is 5.32 Å². The molecule has 0 fully saturated rings. The Kier molecular flexibility index (Phi) is 3.28. The minimum atomic E-state index is 0.185. The third-order valence-corrected chi connectivity index (χ3v) is 2.94. The summed E-state index contributed by atoms with van der Waals surface area (Å²) in [4.78, 5) is 0. The van der Waals surface area contributed by atoms with Gasteiger partial charge in [0.2, 0.25) is 0 Å². The molecule has 1 aliphatic rings. The lowest BCUT2D eigenvalue weighted by molar-refractivity contribution is 0.422. The van der Waals surface area contributed by atoms with Gasteiger partial charge in [-0.25, -0.2) is 0 Å². The van der Waals surface area contributed by atoms with Crippen LogP contribution in [0.15, 0.2) is 0 Å². The van der Waals surface area contributed by atoms with Crippen molar-refractivity contribution in [3.8, 4) is 0 Å². The van der Waals surface area contributed by atoms with Crippen LogP contribution in [0.4, 0.5) is 0 Å². The van der Waals surface area contributed by atoms with Gasteiger partial charge in [0.25, 0.3) is 0 Å². The molecule has 16 heavy (non-hydrogen) atoms. The minimum absolute atomic E-state index is 0.185. The van der Waals surface area contributed by atoms with Gasteiger partial charge in [-0.1, -0.05) is 0 Å². The molecular weight excluding hydrogens is 200 g/mol. The maximum Gasteiger partial charge on any atom is 0.134 e. The molecule has 0 bridgehead atoms. The lowest BCUT2D eigenvalue weighted by atomic mass is 10.1. The van der Waals surface area contributed by atoms with Crippen molar-refractivity contribution in [1.29, 1.82) is 0 Å². The normalized spacial score (nSPS) is 16.2. The van der Waals surface area contributed by atoms with E-state index in [1.807, 2.05) is 0 Å². The Hall–Kier alpha value is -0.900. The predicted octanol–water partition coefficient (Wildman–Crippen LogP) is 1.54. The Morgan fingerprint density at radius 1 is 1.25 bits per heavy atom. The van der Waals surface area contributed by atoms with Crippen LogP contribution in [0.1, 0.15) is 45.3 Å². The highest BCUT2D eigenvalue weighted by Gasteiger charge is 2.16. The van der Waals surface area contributed by atoms with Crippen molar-refractivity contribution in [2.24, 2.45) is 0 Å². The van der Waals surface area contributed by atoms with Crippen molar-refractivity contribution in [1.82, 2.24) is 20.1 Å². The molecule has 0 aromatic carbocycles. The molecule has 0 saturated carbocycles. The van der Waals surface area contributed by atoms with E-state index in [0.29, 0.717) is 0 Å². The summed E-state index contributed by atoms with van der Waals surface area (Å²) in [6, 6.07) is 0. The lowest BCUT2D eigenvalue weighted by Gasteiger charge is -2.20. The van der Waals surface area contributed by atoms with Crippen molar-refractivity contribution in [2.75, 3.05) is 6.54 Å². The van der Waals surface area contributed by atoms with E-state index in [1.54, 1.807) is 0 Å². The summed E-state index contributed by atoms with van der Waals surface area (Å²) < 4.78 is 2.30. The molecule has 2 rings (SSSR count). The molecule has 0 unspecified atom stereocenters. The molecule has 0 atom stereocenters. The Labute approximate surface area is 97.5 Å². The molecule has 2 heterocycles. The molecule has 0 aliphatic carbocycles. The molecule has 1 aliphatic heterocycles. The molecule has 90 valence electrons. The first-order chi connectivity index (χ1) is 7.56. The number of nitrogens with one attached hydrogen (secondary N) is 1. The van der Waals surface area contributed by atoms with E-state index >= 15 is 0 Å². The summed E-state index contributed by atoms with van der Waals surface area (Å²) >= 11 is 0. The summed E-state index contributed by atoms with van der Waals surface area (Å²) in [6.45, 7) is 8.64. The molecule has 4 nitrogen and oxygen atoms in total. The fourth-order valence-corrected chi connectivity index (χ4v) is 2.10. The van der Waals surface area contributed by atoms with E-state index in [-0.39, 0.29) is 5.54 Å². The number of hydrogen-bond acceptors (Lipinski definition) is 3. The van der Waals surface area contributed by atoms with E-state index in [2.05, 4.69) is 40.9 Å². The van der Waals surface area contributed by atoms with E-state index in [1.165, 1.54) is 18.7 Å². The van der Waals surface area contributed by atoms with Crippen molar-refractivity contribution in [3.63, 3.8) is 0 Å². The quantitative estimate of drug-likeness (QED) is 0.843. The van der Waals surface area contributed by atoms with Crippen LogP contribution in [0.3, 0.4) is 0 Å². The number of aromatic nitrogens is 3. The number of fused-ring (bicyclic) bond motifs is 1. The largest absolute Gasteiger partial charge is 0.315 e. The number of nitrogens with zero attached hydrogens (tertiary/aromatic N) is 3. The van der Waals surface area contributed by atoms with Crippen LogP contribution in [-0.4, -0.2) is 26.8 Å². The number of aryl methyl sites for hydroxylation is 1.